The molecule has 0 amide bonds. The Morgan fingerprint density at radius 2 is 0.952 bits per heavy atom. The van der Waals surface area contributed by atoms with Crippen molar-refractivity contribution in [2.45, 2.75) is 25.7 Å². The predicted molar refractivity (Wildman–Crippen MR) is 177 cm³/mol. The smallest absolute Gasteiger partial charge is 0.0887 e. The van der Waals surface area contributed by atoms with Crippen molar-refractivity contribution in [1.29, 1.82) is 0 Å². The van der Waals surface area contributed by atoms with Gasteiger partial charge in [-0.15, -0.1) is 0 Å². The minimum Gasteiger partial charge on any atom is -0.318 e. The minimum atomic E-state index is 0.700. The summed E-state index contributed by atoms with van der Waals surface area (Å²) >= 11 is 7.51. The zero-order valence-electron chi connectivity index (χ0n) is 23.4. The first-order valence-corrected chi connectivity index (χ1v) is 15.0. The van der Waals surface area contributed by atoms with Crippen LogP contribution in [0.25, 0.3) is 5.69 Å². The van der Waals surface area contributed by atoms with Crippen molar-refractivity contribution >= 4 is 45.7 Å². The van der Waals surface area contributed by atoms with Crippen LogP contribution >= 0.6 is 11.6 Å². The zero-order chi connectivity index (χ0) is 28.3. The highest BCUT2D eigenvalue weighted by atomic mass is 35.5. The molecule has 1 aromatic heterocycles. The maximum atomic E-state index is 7.51. The SMILES string of the molecule is Clc1c(N(c2ccccc2)c2ccccc2)cccc1N(c1ccccc1)c1cn(-c2ccccc2)c2c1CCCC2. The number of hydrogen-bond acceptors (Lipinski definition) is 2. The first-order chi connectivity index (χ1) is 20.8. The number of anilines is 6. The Labute approximate surface area is 252 Å². The van der Waals surface area contributed by atoms with Gasteiger partial charge in [0.2, 0.25) is 0 Å². The summed E-state index contributed by atoms with van der Waals surface area (Å²) in [7, 11) is 0. The molecule has 0 spiro atoms. The molecular weight excluding hydrogens is 534 g/mol. The summed E-state index contributed by atoms with van der Waals surface area (Å²) in [5.74, 6) is 0. The van der Waals surface area contributed by atoms with Gasteiger partial charge < -0.3 is 14.4 Å². The molecule has 0 N–H and O–H groups in total. The summed E-state index contributed by atoms with van der Waals surface area (Å²) in [5, 5.41) is 0.700. The number of nitrogens with zero attached hydrogens (tertiary/aromatic N) is 3. The van der Waals surface area contributed by atoms with Crippen LogP contribution in [0.2, 0.25) is 5.02 Å². The lowest BCUT2D eigenvalue weighted by Gasteiger charge is -2.31. The maximum Gasteiger partial charge on any atom is 0.0887 e. The zero-order valence-corrected chi connectivity index (χ0v) is 24.2. The fraction of sp³-hybridized carbons (Fsp3) is 0.105. The molecule has 0 fully saturated rings. The van der Waals surface area contributed by atoms with E-state index in [4.69, 9.17) is 11.6 Å². The average molecular weight is 566 g/mol. The molecule has 0 atom stereocenters. The van der Waals surface area contributed by atoms with Crippen LogP contribution in [0.3, 0.4) is 0 Å². The Morgan fingerprint density at radius 1 is 0.476 bits per heavy atom. The fourth-order valence-electron chi connectivity index (χ4n) is 6.14. The van der Waals surface area contributed by atoms with E-state index in [1.54, 1.807) is 0 Å². The van der Waals surface area contributed by atoms with Gasteiger partial charge >= 0.3 is 0 Å². The molecule has 0 saturated carbocycles. The highest BCUT2D eigenvalue weighted by Crippen LogP contribution is 2.48. The summed E-state index contributed by atoms with van der Waals surface area (Å²) in [6, 6.07) is 48.5. The van der Waals surface area contributed by atoms with E-state index in [0.717, 1.165) is 41.3 Å². The summed E-state index contributed by atoms with van der Waals surface area (Å²) in [4.78, 5) is 4.59. The Bertz CT molecular complexity index is 1740. The maximum absolute atomic E-state index is 7.51. The lowest BCUT2D eigenvalue weighted by atomic mass is 9.96. The summed E-state index contributed by atoms with van der Waals surface area (Å²) in [5.41, 5.74) is 10.3. The van der Waals surface area contributed by atoms with Crippen molar-refractivity contribution in [3.8, 4) is 5.69 Å². The Morgan fingerprint density at radius 3 is 1.52 bits per heavy atom. The molecule has 206 valence electrons. The van der Waals surface area contributed by atoms with Crippen LogP contribution in [0.4, 0.5) is 34.1 Å². The van der Waals surface area contributed by atoms with E-state index in [-0.39, 0.29) is 0 Å². The molecule has 6 aromatic rings. The molecule has 5 aromatic carbocycles. The van der Waals surface area contributed by atoms with Crippen molar-refractivity contribution in [2.75, 3.05) is 9.80 Å². The number of fused-ring (bicyclic) bond motifs is 1. The molecule has 0 unspecified atom stereocenters. The molecule has 7 rings (SSSR count). The van der Waals surface area contributed by atoms with Gasteiger partial charge in [-0.25, -0.2) is 0 Å². The third kappa shape index (κ3) is 4.87. The van der Waals surface area contributed by atoms with Crippen molar-refractivity contribution in [3.05, 3.63) is 162 Å². The number of aromatic nitrogens is 1. The molecule has 1 aliphatic carbocycles. The van der Waals surface area contributed by atoms with Crippen molar-refractivity contribution in [2.24, 2.45) is 0 Å². The molecule has 0 aliphatic heterocycles. The standard InChI is InChI=1S/C38H32ClN3/c39-38-35(41(30-18-7-2-8-19-30)31-20-9-3-10-21-31)26-15-27-36(38)42(32-22-11-4-12-23-32)37-28-40(29-16-5-1-6-17-29)34-25-14-13-24-33(34)37/h1-12,15-23,26-28H,13-14,24-25H2. The monoisotopic (exact) mass is 565 g/mol. The third-order valence-electron chi connectivity index (χ3n) is 8.05. The fourth-order valence-corrected chi connectivity index (χ4v) is 6.44. The van der Waals surface area contributed by atoms with Gasteiger partial charge in [0.05, 0.1) is 22.1 Å². The summed E-state index contributed by atoms with van der Waals surface area (Å²) < 4.78 is 2.39. The molecule has 3 nitrogen and oxygen atoms in total. The molecular formula is C38H32ClN3. The van der Waals surface area contributed by atoms with E-state index in [1.165, 1.54) is 35.5 Å². The van der Waals surface area contributed by atoms with Gasteiger partial charge in [-0.1, -0.05) is 90.5 Å². The second-order valence-corrected chi connectivity index (χ2v) is 11.0. The summed E-state index contributed by atoms with van der Waals surface area (Å²) in [6.07, 6.45) is 6.81. The predicted octanol–water partition coefficient (Wildman–Crippen LogP) is 10.9. The topological polar surface area (TPSA) is 11.4 Å². The van der Waals surface area contributed by atoms with Gasteiger partial charge in [-0.2, -0.15) is 0 Å². The highest BCUT2D eigenvalue weighted by Gasteiger charge is 2.28. The van der Waals surface area contributed by atoms with Crippen LogP contribution in [0.5, 0.6) is 0 Å². The molecule has 42 heavy (non-hydrogen) atoms. The van der Waals surface area contributed by atoms with Crippen molar-refractivity contribution in [1.82, 2.24) is 4.57 Å². The Hall–Kier alpha value is -4.73. The van der Waals surface area contributed by atoms with Gasteiger partial charge in [0, 0.05) is 34.6 Å². The van der Waals surface area contributed by atoms with Crippen LogP contribution in [-0.2, 0) is 12.8 Å². The van der Waals surface area contributed by atoms with Crippen molar-refractivity contribution < 1.29 is 0 Å². The van der Waals surface area contributed by atoms with Crippen LogP contribution in [0.15, 0.2) is 146 Å². The van der Waals surface area contributed by atoms with Gasteiger partial charge in [0.1, 0.15) is 0 Å². The molecule has 1 aliphatic rings. The van der Waals surface area contributed by atoms with E-state index < -0.39 is 0 Å². The molecule has 1 heterocycles. The number of para-hydroxylation sites is 4. The van der Waals surface area contributed by atoms with Crippen LogP contribution < -0.4 is 9.80 Å². The van der Waals surface area contributed by atoms with Gasteiger partial charge in [-0.3, -0.25) is 0 Å². The summed E-state index contributed by atoms with van der Waals surface area (Å²) in [6.45, 7) is 0. The van der Waals surface area contributed by atoms with Gasteiger partial charge in [0.25, 0.3) is 0 Å². The average Bonchev–Trinajstić information content (AvgIpc) is 3.44. The molecule has 4 heteroatoms. The van der Waals surface area contributed by atoms with Crippen LogP contribution in [0, 0.1) is 0 Å². The first kappa shape index (κ1) is 26.2. The van der Waals surface area contributed by atoms with E-state index in [2.05, 4.69) is 148 Å². The Balaban J connectivity index is 1.44. The quantitative estimate of drug-likeness (QED) is 0.191. The molecule has 0 saturated heterocycles. The third-order valence-corrected chi connectivity index (χ3v) is 8.44. The largest absolute Gasteiger partial charge is 0.318 e. The first-order valence-electron chi connectivity index (χ1n) is 14.6. The Kier molecular flexibility index (Phi) is 7.25. The van der Waals surface area contributed by atoms with E-state index in [1.807, 2.05) is 12.1 Å². The van der Waals surface area contributed by atoms with Gasteiger partial charge in [-0.05, 0) is 91.9 Å². The second kappa shape index (κ2) is 11.6. The normalized spacial score (nSPS) is 12.5. The van der Waals surface area contributed by atoms with Gasteiger partial charge in [0.15, 0.2) is 0 Å². The highest BCUT2D eigenvalue weighted by molar-refractivity contribution is 6.36. The number of benzene rings is 5. The number of rotatable bonds is 7. The van der Waals surface area contributed by atoms with E-state index >= 15 is 0 Å². The molecule has 0 bridgehead atoms. The second-order valence-electron chi connectivity index (χ2n) is 10.6. The van der Waals surface area contributed by atoms with Crippen molar-refractivity contribution in [3.63, 3.8) is 0 Å². The number of hydrogen-bond donors (Lipinski definition) is 0. The number of halogens is 1. The lowest BCUT2D eigenvalue weighted by molar-refractivity contribution is 0.663. The van der Waals surface area contributed by atoms with E-state index in [0.29, 0.717) is 5.02 Å². The van der Waals surface area contributed by atoms with Crippen LogP contribution in [-0.4, -0.2) is 4.57 Å². The lowest BCUT2D eigenvalue weighted by Crippen LogP contribution is -2.15. The van der Waals surface area contributed by atoms with Crippen LogP contribution in [0.1, 0.15) is 24.1 Å². The molecule has 0 radical (unpaired) electrons. The minimum absolute atomic E-state index is 0.700. The van der Waals surface area contributed by atoms with E-state index in [9.17, 15) is 0 Å².